The van der Waals surface area contributed by atoms with Crippen LogP contribution in [0.5, 0.6) is 0 Å². The van der Waals surface area contributed by atoms with Crippen LogP contribution in [-0.2, 0) is 19.0 Å². The summed E-state index contributed by atoms with van der Waals surface area (Å²) in [5.74, 6) is -0.359. The highest BCUT2D eigenvalue weighted by Crippen LogP contribution is 2.26. The standard InChI is InChI=1S/C14H19BrClNO4/c1-4-21-14(18)12(8-13(19-2)20-3)17-9-5-6-11(16)10(15)7-9/h5-7,12-13,17H,4,8H2,1-3H3. The van der Waals surface area contributed by atoms with E-state index in [4.69, 9.17) is 25.8 Å². The Labute approximate surface area is 138 Å². The summed E-state index contributed by atoms with van der Waals surface area (Å²) in [5, 5.41) is 3.70. The van der Waals surface area contributed by atoms with E-state index in [9.17, 15) is 4.79 Å². The van der Waals surface area contributed by atoms with Crippen molar-refractivity contribution in [1.82, 2.24) is 0 Å². The Morgan fingerprint density at radius 2 is 2.05 bits per heavy atom. The summed E-state index contributed by atoms with van der Waals surface area (Å²) in [4.78, 5) is 12.0. The number of rotatable bonds is 8. The zero-order valence-corrected chi connectivity index (χ0v) is 14.5. The second-order valence-electron chi connectivity index (χ2n) is 4.21. The van der Waals surface area contributed by atoms with Gasteiger partial charge in [-0.25, -0.2) is 4.79 Å². The van der Waals surface area contributed by atoms with Gasteiger partial charge in [-0.2, -0.15) is 0 Å². The monoisotopic (exact) mass is 379 g/mol. The molecule has 0 aliphatic rings. The minimum absolute atomic E-state index is 0.311. The Kier molecular flexibility index (Phi) is 8.03. The second-order valence-corrected chi connectivity index (χ2v) is 5.48. The van der Waals surface area contributed by atoms with E-state index in [0.717, 1.165) is 10.2 Å². The quantitative estimate of drug-likeness (QED) is 0.553. The van der Waals surface area contributed by atoms with Crippen molar-refractivity contribution < 1.29 is 19.0 Å². The van der Waals surface area contributed by atoms with E-state index in [2.05, 4.69) is 21.2 Å². The van der Waals surface area contributed by atoms with Crippen LogP contribution in [-0.4, -0.2) is 39.1 Å². The van der Waals surface area contributed by atoms with Gasteiger partial charge >= 0.3 is 5.97 Å². The molecule has 1 atom stereocenters. The van der Waals surface area contributed by atoms with Gasteiger partial charge in [0.2, 0.25) is 0 Å². The van der Waals surface area contributed by atoms with E-state index in [1.807, 2.05) is 0 Å². The van der Waals surface area contributed by atoms with Gasteiger partial charge in [0.05, 0.1) is 11.6 Å². The SMILES string of the molecule is CCOC(=O)C(CC(OC)OC)Nc1ccc(Cl)c(Br)c1. The molecule has 0 aromatic heterocycles. The van der Waals surface area contributed by atoms with Crippen molar-refractivity contribution in [3.05, 3.63) is 27.7 Å². The van der Waals surface area contributed by atoms with Crippen molar-refractivity contribution in [2.45, 2.75) is 25.7 Å². The van der Waals surface area contributed by atoms with Gasteiger partial charge < -0.3 is 19.5 Å². The maximum absolute atomic E-state index is 12.0. The molecule has 1 rings (SSSR count). The number of benzene rings is 1. The van der Waals surface area contributed by atoms with Crippen LogP contribution in [0.1, 0.15) is 13.3 Å². The van der Waals surface area contributed by atoms with Gasteiger partial charge in [0.1, 0.15) is 6.04 Å². The van der Waals surface area contributed by atoms with Crippen LogP contribution in [0.3, 0.4) is 0 Å². The molecule has 0 fully saturated rings. The molecule has 0 aliphatic carbocycles. The van der Waals surface area contributed by atoms with E-state index in [-0.39, 0.29) is 5.97 Å². The van der Waals surface area contributed by atoms with E-state index in [1.54, 1.807) is 25.1 Å². The average Bonchev–Trinajstić information content (AvgIpc) is 2.47. The third-order valence-corrected chi connectivity index (χ3v) is 4.00. The fourth-order valence-electron chi connectivity index (χ4n) is 1.73. The molecular weight excluding hydrogens is 362 g/mol. The summed E-state index contributed by atoms with van der Waals surface area (Å²) >= 11 is 9.30. The average molecular weight is 381 g/mol. The number of hydrogen-bond acceptors (Lipinski definition) is 5. The maximum atomic E-state index is 12.0. The number of ether oxygens (including phenoxy) is 3. The van der Waals surface area contributed by atoms with Crippen molar-refractivity contribution in [2.24, 2.45) is 0 Å². The smallest absolute Gasteiger partial charge is 0.328 e. The summed E-state index contributed by atoms with van der Waals surface area (Å²) in [5.41, 5.74) is 0.746. The van der Waals surface area contributed by atoms with Crippen molar-refractivity contribution in [2.75, 3.05) is 26.1 Å². The van der Waals surface area contributed by atoms with Crippen LogP contribution in [0.4, 0.5) is 5.69 Å². The molecule has 1 aromatic carbocycles. The second kappa shape index (κ2) is 9.25. The van der Waals surface area contributed by atoms with Crippen molar-refractivity contribution >= 4 is 39.2 Å². The minimum Gasteiger partial charge on any atom is -0.464 e. The molecule has 7 heteroatoms. The first-order valence-corrected chi connectivity index (χ1v) is 7.62. The predicted octanol–water partition coefficient (Wildman–Crippen LogP) is 3.46. The number of halogens is 2. The molecule has 0 bridgehead atoms. The molecule has 0 saturated heterocycles. The number of methoxy groups -OCH3 is 2. The van der Waals surface area contributed by atoms with Gasteiger partial charge in [-0.15, -0.1) is 0 Å². The Morgan fingerprint density at radius 1 is 1.38 bits per heavy atom. The molecule has 0 radical (unpaired) electrons. The molecule has 0 aliphatic heterocycles. The molecule has 5 nitrogen and oxygen atoms in total. The lowest BCUT2D eigenvalue weighted by molar-refractivity contribution is -0.149. The van der Waals surface area contributed by atoms with Crippen LogP contribution in [0, 0.1) is 0 Å². The lowest BCUT2D eigenvalue weighted by Crippen LogP contribution is -2.36. The van der Waals surface area contributed by atoms with Gasteiger partial charge in [0.25, 0.3) is 0 Å². The Balaban J connectivity index is 2.84. The minimum atomic E-state index is -0.581. The lowest BCUT2D eigenvalue weighted by atomic mass is 10.2. The zero-order valence-electron chi connectivity index (χ0n) is 12.2. The number of hydrogen-bond donors (Lipinski definition) is 1. The molecule has 118 valence electrons. The first-order valence-electron chi connectivity index (χ1n) is 6.45. The summed E-state index contributed by atoms with van der Waals surface area (Å²) in [6, 6.07) is 4.74. The van der Waals surface area contributed by atoms with E-state index >= 15 is 0 Å². The first-order chi connectivity index (χ1) is 10.0. The van der Waals surface area contributed by atoms with E-state index < -0.39 is 12.3 Å². The topological polar surface area (TPSA) is 56.8 Å². The van der Waals surface area contributed by atoms with Crippen LogP contribution >= 0.6 is 27.5 Å². The van der Waals surface area contributed by atoms with Crippen molar-refractivity contribution in [1.29, 1.82) is 0 Å². The largest absolute Gasteiger partial charge is 0.464 e. The molecule has 1 N–H and O–H groups in total. The number of nitrogens with one attached hydrogen (secondary N) is 1. The summed E-state index contributed by atoms with van der Waals surface area (Å²) in [6.07, 6.45) is -0.172. The number of esters is 1. The Morgan fingerprint density at radius 3 is 2.57 bits per heavy atom. The normalized spacial score (nSPS) is 12.3. The van der Waals surface area contributed by atoms with E-state index in [0.29, 0.717) is 18.1 Å². The fourth-order valence-corrected chi connectivity index (χ4v) is 2.22. The molecule has 0 amide bonds. The highest BCUT2D eigenvalue weighted by atomic mass is 79.9. The van der Waals surface area contributed by atoms with Gasteiger partial charge in [-0.1, -0.05) is 11.6 Å². The number of anilines is 1. The van der Waals surface area contributed by atoms with Gasteiger partial charge in [0, 0.05) is 30.8 Å². The van der Waals surface area contributed by atoms with E-state index in [1.165, 1.54) is 14.2 Å². The summed E-state index contributed by atoms with van der Waals surface area (Å²) < 4.78 is 16.1. The third-order valence-electron chi connectivity index (χ3n) is 2.79. The van der Waals surface area contributed by atoms with Crippen LogP contribution in [0.2, 0.25) is 5.02 Å². The first kappa shape index (κ1) is 18.2. The number of carbonyl (C=O) groups is 1. The molecule has 0 saturated carbocycles. The third kappa shape index (κ3) is 5.82. The highest BCUT2D eigenvalue weighted by Gasteiger charge is 2.24. The molecule has 0 spiro atoms. The van der Waals surface area contributed by atoms with Crippen LogP contribution < -0.4 is 5.32 Å². The Bertz CT molecular complexity index is 468. The molecular formula is C14H19BrClNO4. The maximum Gasteiger partial charge on any atom is 0.328 e. The van der Waals surface area contributed by atoms with Crippen LogP contribution in [0.15, 0.2) is 22.7 Å². The molecule has 1 unspecified atom stereocenters. The lowest BCUT2D eigenvalue weighted by Gasteiger charge is -2.22. The van der Waals surface area contributed by atoms with Crippen molar-refractivity contribution in [3.8, 4) is 0 Å². The highest BCUT2D eigenvalue weighted by molar-refractivity contribution is 9.10. The Hall–Kier alpha value is -0.820. The summed E-state index contributed by atoms with van der Waals surface area (Å²) in [6.45, 7) is 2.07. The predicted molar refractivity (Wildman–Crippen MR) is 85.6 cm³/mol. The molecule has 1 aromatic rings. The van der Waals surface area contributed by atoms with Gasteiger partial charge in [-0.05, 0) is 41.1 Å². The number of carbonyl (C=O) groups excluding carboxylic acids is 1. The van der Waals surface area contributed by atoms with Gasteiger partial charge in [-0.3, -0.25) is 0 Å². The zero-order chi connectivity index (χ0) is 15.8. The fraction of sp³-hybridized carbons (Fsp3) is 0.500. The van der Waals surface area contributed by atoms with Crippen molar-refractivity contribution in [3.63, 3.8) is 0 Å². The van der Waals surface area contributed by atoms with Gasteiger partial charge in [0.15, 0.2) is 6.29 Å². The molecule has 21 heavy (non-hydrogen) atoms. The molecule has 0 heterocycles. The summed E-state index contributed by atoms with van der Waals surface area (Å²) in [7, 11) is 3.05. The van der Waals surface area contributed by atoms with Crippen LogP contribution in [0.25, 0.3) is 0 Å².